The van der Waals surface area contributed by atoms with Gasteiger partial charge in [0.05, 0.1) is 19.4 Å². The van der Waals surface area contributed by atoms with Crippen LogP contribution in [0.15, 0.2) is 59.8 Å². The zero-order chi connectivity index (χ0) is 19.8. The first-order valence-corrected chi connectivity index (χ1v) is 9.60. The summed E-state index contributed by atoms with van der Waals surface area (Å²) in [5.41, 5.74) is 2.95. The van der Waals surface area contributed by atoms with Crippen molar-refractivity contribution >= 4 is 23.5 Å². The zero-order valence-electron chi connectivity index (χ0n) is 16.5. The lowest BCUT2D eigenvalue weighted by atomic mass is 10.2. The minimum Gasteiger partial charge on any atom is -0.386 e. The topological polar surface area (TPSA) is 54.4 Å². The molecule has 1 aliphatic heterocycles. The molecule has 0 atom stereocenters. The fourth-order valence-electron chi connectivity index (χ4n) is 3.17. The van der Waals surface area contributed by atoms with Gasteiger partial charge in [-0.3, -0.25) is 4.79 Å². The van der Waals surface area contributed by atoms with Gasteiger partial charge in [0.1, 0.15) is 0 Å². The molecule has 6 heteroatoms. The quantitative estimate of drug-likeness (QED) is 0.545. The molecule has 148 valence electrons. The van der Waals surface area contributed by atoms with Gasteiger partial charge in [0.25, 0.3) is 5.91 Å². The Labute approximate surface area is 166 Å². The second kappa shape index (κ2) is 9.90. The molecular formula is C22H27N3O3. The molecule has 1 heterocycles. The Morgan fingerprint density at radius 3 is 2.46 bits per heavy atom. The molecule has 0 aromatic heterocycles. The van der Waals surface area contributed by atoms with Crippen molar-refractivity contribution in [1.29, 1.82) is 0 Å². The predicted octanol–water partition coefficient (Wildman–Crippen LogP) is 3.32. The van der Waals surface area contributed by atoms with Crippen molar-refractivity contribution in [3.63, 3.8) is 0 Å². The lowest BCUT2D eigenvalue weighted by Gasteiger charge is -2.28. The number of hydrogen-bond acceptors (Lipinski definition) is 5. The van der Waals surface area contributed by atoms with Crippen molar-refractivity contribution in [2.45, 2.75) is 19.9 Å². The second-order valence-corrected chi connectivity index (χ2v) is 6.89. The van der Waals surface area contributed by atoms with Crippen LogP contribution < -0.4 is 9.80 Å². The number of benzene rings is 2. The van der Waals surface area contributed by atoms with E-state index in [1.807, 2.05) is 56.3 Å². The van der Waals surface area contributed by atoms with Crippen molar-refractivity contribution in [2.75, 3.05) is 42.7 Å². The highest BCUT2D eigenvalue weighted by Gasteiger charge is 2.19. The number of morpholine rings is 1. The molecule has 3 rings (SSSR count). The van der Waals surface area contributed by atoms with E-state index in [1.165, 1.54) is 5.69 Å². The summed E-state index contributed by atoms with van der Waals surface area (Å²) in [6.45, 7) is 7.20. The lowest BCUT2D eigenvalue weighted by molar-refractivity contribution is -0.123. The first kappa shape index (κ1) is 19.9. The summed E-state index contributed by atoms with van der Waals surface area (Å²) < 4.78 is 5.38. The molecule has 2 aromatic rings. The summed E-state index contributed by atoms with van der Waals surface area (Å²) in [7, 11) is 0. The van der Waals surface area contributed by atoms with E-state index in [-0.39, 0.29) is 18.6 Å². The first-order valence-electron chi connectivity index (χ1n) is 9.60. The number of carbonyl (C=O) groups excluding carboxylic acids is 1. The van der Waals surface area contributed by atoms with E-state index in [1.54, 1.807) is 11.1 Å². The van der Waals surface area contributed by atoms with Crippen LogP contribution >= 0.6 is 0 Å². The van der Waals surface area contributed by atoms with E-state index in [9.17, 15) is 4.79 Å². The van der Waals surface area contributed by atoms with Crippen molar-refractivity contribution in [3.8, 4) is 0 Å². The van der Waals surface area contributed by atoms with Crippen LogP contribution in [-0.4, -0.2) is 51.1 Å². The number of ether oxygens (including phenoxy) is 1. The Hall–Kier alpha value is -2.86. The maximum Gasteiger partial charge on any atom is 0.267 e. The molecule has 28 heavy (non-hydrogen) atoms. The average molecular weight is 381 g/mol. The smallest absolute Gasteiger partial charge is 0.267 e. The van der Waals surface area contributed by atoms with Crippen LogP contribution in [0.2, 0.25) is 0 Å². The zero-order valence-corrected chi connectivity index (χ0v) is 16.5. The maximum absolute atomic E-state index is 12.5. The number of carbonyl (C=O) groups is 1. The van der Waals surface area contributed by atoms with Gasteiger partial charge in [-0.15, -0.1) is 0 Å². The third-order valence-corrected chi connectivity index (χ3v) is 4.55. The molecule has 1 amide bonds. The highest BCUT2D eigenvalue weighted by atomic mass is 16.6. The normalized spacial score (nSPS) is 14.5. The van der Waals surface area contributed by atoms with E-state index < -0.39 is 0 Å². The van der Waals surface area contributed by atoms with E-state index in [4.69, 9.17) is 9.57 Å². The van der Waals surface area contributed by atoms with Gasteiger partial charge >= 0.3 is 0 Å². The molecule has 0 aliphatic carbocycles. The van der Waals surface area contributed by atoms with E-state index >= 15 is 0 Å². The standard InChI is InChI=1S/C22H27N3O3/c1-18(2)25(21-6-4-3-5-7-21)22(26)17-28-23-16-19-8-10-20(11-9-19)24-12-14-27-15-13-24/h3-11,16,18H,12-15,17H2,1-2H3/b23-16+. The molecule has 1 fully saturated rings. The summed E-state index contributed by atoms with van der Waals surface area (Å²) >= 11 is 0. The highest BCUT2D eigenvalue weighted by Crippen LogP contribution is 2.17. The second-order valence-electron chi connectivity index (χ2n) is 6.89. The summed E-state index contributed by atoms with van der Waals surface area (Å²) in [4.78, 5) is 21.8. The lowest BCUT2D eigenvalue weighted by Crippen LogP contribution is -2.39. The van der Waals surface area contributed by atoms with Crippen molar-refractivity contribution in [2.24, 2.45) is 5.16 Å². The van der Waals surface area contributed by atoms with Crippen molar-refractivity contribution < 1.29 is 14.4 Å². The van der Waals surface area contributed by atoms with Crippen LogP contribution in [0, 0.1) is 0 Å². The molecule has 0 N–H and O–H groups in total. The Kier molecular flexibility index (Phi) is 7.03. The van der Waals surface area contributed by atoms with Crippen LogP contribution in [0.4, 0.5) is 11.4 Å². The van der Waals surface area contributed by atoms with Crippen molar-refractivity contribution in [1.82, 2.24) is 0 Å². The van der Waals surface area contributed by atoms with E-state index in [2.05, 4.69) is 22.2 Å². The van der Waals surface area contributed by atoms with Gasteiger partial charge in [-0.25, -0.2) is 0 Å². The minimum atomic E-state index is -0.124. The SMILES string of the molecule is CC(C)N(C(=O)CO/N=C/c1ccc(N2CCOCC2)cc1)c1ccccc1. The molecule has 1 aliphatic rings. The minimum absolute atomic E-state index is 0.0372. The Morgan fingerprint density at radius 1 is 1.14 bits per heavy atom. The molecule has 6 nitrogen and oxygen atoms in total. The fraction of sp³-hybridized carbons (Fsp3) is 0.364. The maximum atomic E-state index is 12.5. The molecular weight excluding hydrogens is 354 g/mol. The Morgan fingerprint density at radius 2 is 1.82 bits per heavy atom. The van der Waals surface area contributed by atoms with Gasteiger partial charge in [-0.05, 0) is 43.7 Å². The van der Waals surface area contributed by atoms with E-state index in [0.717, 1.165) is 37.6 Å². The summed E-state index contributed by atoms with van der Waals surface area (Å²) in [6, 6.07) is 17.7. The van der Waals surface area contributed by atoms with Crippen molar-refractivity contribution in [3.05, 3.63) is 60.2 Å². The van der Waals surface area contributed by atoms with Gasteiger partial charge in [0.15, 0.2) is 6.61 Å². The highest BCUT2D eigenvalue weighted by molar-refractivity contribution is 5.94. The molecule has 2 aromatic carbocycles. The summed E-state index contributed by atoms with van der Waals surface area (Å²) in [5.74, 6) is -0.124. The molecule has 0 radical (unpaired) electrons. The molecule has 0 bridgehead atoms. The largest absolute Gasteiger partial charge is 0.386 e. The van der Waals surface area contributed by atoms with Gasteiger partial charge in [0, 0.05) is 30.5 Å². The van der Waals surface area contributed by atoms with Crippen LogP contribution in [0.3, 0.4) is 0 Å². The van der Waals surface area contributed by atoms with Gasteiger partial charge in [0.2, 0.25) is 0 Å². The predicted molar refractivity (Wildman–Crippen MR) is 112 cm³/mol. The third-order valence-electron chi connectivity index (χ3n) is 4.55. The molecule has 0 unspecified atom stereocenters. The number of oxime groups is 1. The third kappa shape index (κ3) is 5.33. The van der Waals surface area contributed by atoms with Crippen LogP contribution in [0.25, 0.3) is 0 Å². The van der Waals surface area contributed by atoms with Crippen LogP contribution in [0.5, 0.6) is 0 Å². The fourth-order valence-corrected chi connectivity index (χ4v) is 3.17. The Bertz CT molecular complexity index is 769. The number of hydrogen-bond donors (Lipinski definition) is 0. The number of anilines is 2. The molecule has 0 spiro atoms. The molecule has 1 saturated heterocycles. The Balaban J connectivity index is 1.52. The first-order chi connectivity index (χ1) is 13.6. The number of para-hydroxylation sites is 1. The van der Waals surface area contributed by atoms with Crippen LogP contribution in [-0.2, 0) is 14.4 Å². The summed E-state index contributed by atoms with van der Waals surface area (Å²) in [5, 5.41) is 3.95. The van der Waals surface area contributed by atoms with Gasteiger partial charge in [-0.2, -0.15) is 0 Å². The number of nitrogens with zero attached hydrogens (tertiary/aromatic N) is 3. The monoisotopic (exact) mass is 381 g/mol. The summed E-state index contributed by atoms with van der Waals surface area (Å²) in [6.07, 6.45) is 1.62. The van der Waals surface area contributed by atoms with Gasteiger partial charge in [-0.1, -0.05) is 35.5 Å². The van der Waals surface area contributed by atoms with Gasteiger partial charge < -0.3 is 19.4 Å². The van der Waals surface area contributed by atoms with E-state index in [0.29, 0.717) is 0 Å². The average Bonchev–Trinajstić information content (AvgIpc) is 2.73. The van der Waals surface area contributed by atoms with Crippen LogP contribution in [0.1, 0.15) is 19.4 Å². The molecule has 0 saturated carbocycles. The number of rotatable bonds is 7. The number of amides is 1.